The molecule has 1 aromatic heterocycles. The first-order valence-electron chi connectivity index (χ1n) is 7.28. The van der Waals surface area contributed by atoms with E-state index in [0.29, 0.717) is 18.7 Å². The second-order valence-corrected chi connectivity index (χ2v) is 8.86. The van der Waals surface area contributed by atoms with E-state index in [9.17, 15) is 13.2 Å². The number of hydrogen-bond acceptors (Lipinski definition) is 4. The van der Waals surface area contributed by atoms with Crippen LogP contribution in [0.3, 0.4) is 0 Å². The molecule has 2 aromatic rings. The number of carboxylic acids is 1. The highest BCUT2D eigenvalue weighted by Crippen LogP contribution is 2.34. The predicted molar refractivity (Wildman–Crippen MR) is 88.6 cm³/mol. The van der Waals surface area contributed by atoms with Crippen molar-refractivity contribution in [3.05, 3.63) is 52.4 Å². The van der Waals surface area contributed by atoms with Gasteiger partial charge in [-0.1, -0.05) is 30.3 Å². The number of nitrogens with zero attached hydrogens (tertiary/aromatic N) is 1. The van der Waals surface area contributed by atoms with E-state index in [1.807, 2.05) is 30.3 Å². The predicted octanol–water partition coefficient (Wildman–Crippen LogP) is 2.93. The summed E-state index contributed by atoms with van der Waals surface area (Å²) in [6, 6.07) is 11.3. The summed E-state index contributed by atoms with van der Waals surface area (Å²) in [7, 11) is -3.63. The molecule has 122 valence electrons. The van der Waals surface area contributed by atoms with Crippen molar-refractivity contribution in [3.63, 3.8) is 0 Å². The van der Waals surface area contributed by atoms with Crippen molar-refractivity contribution < 1.29 is 18.3 Å². The number of aryl methyl sites for hydroxylation is 1. The third kappa shape index (κ3) is 3.04. The highest BCUT2D eigenvalue weighted by molar-refractivity contribution is 7.91. The Morgan fingerprint density at radius 2 is 2.00 bits per heavy atom. The molecule has 1 saturated heterocycles. The number of hydrogen-bond donors (Lipinski definition) is 1. The Kier molecular flexibility index (Phi) is 4.27. The first-order chi connectivity index (χ1) is 10.9. The number of carboxylic acid groups (broad SMARTS) is 1. The van der Waals surface area contributed by atoms with E-state index < -0.39 is 16.0 Å². The first kappa shape index (κ1) is 16.2. The average Bonchev–Trinajstić information content (AvgIpc) is 3.15. The van der Waals surface area contributed by atoms with Gasteiger partial charge in [0.2, 0.25) is 0 Å². The van der Waals surface area contributed by atoms with Crippen molar-refractivity contribution in [1.29, 1.82) is 0 Å². The number of thiophene rings is 1. The van der Waals surface area contributed by atoms with Crippen LogP contribution in [0.4, 0.5) is 0 Å². The van der Waals surface area contributed by atoms with Gasteiger partial charge in [-0.15, -0.1) is 11.3 Å². The second kappa shape index (κ2) is 6.07. The van der Waals surface area contributed by atoms with Crippen LogP contribution >= 0.6 is 11.3 Å². The molecule has 0 radical (unpaired) electrons. The monoisotopic (exact) mass is 351 g/mol. The molecule has 3 rings (SSSR count). The van der Waals surface area contributed by atoms with Gasteiger partial charge in [-0.2, -0.15) is 4.31 Å². The van der Waals surface area contributed by atoms with Gasteiger partial charge in [-0.3, -0.25) is 0 Å². The minimum absolute atomic E-state index is 0.0855. The SMILES string of the molecule is Cc1cc(S(=O)(=O)N2CCC(c3ccccc3)C2)sc1C(=O)O. The second-order valence-electron chi connectivity index (χ2n) is 5.64. The van der Waals surface area contributed by atoms with Crippen molar-refractivity contribution in [1.82, 2.24) is 4.31 Å². The largest absolute Gasteiger partial charge is 0.477 e. The van der Waals surface area contributed by atoms with Gasteiger partial charge < -0.3 is 5.11 Å². The van der Waals surface area contributed by atoms with E-state index in [1.165, 1.54) is 10.4 Å². The number of rotatable bonds is 4. The van der Waals surface area contributed by atoms with E-state index in [4.69, 9.17) is 5.11 Å². The molecule has 0 aliphatic carbocycles. The molecule has 1 unspecified atom stereocenters. The van der Waals surface area contributed by atoms with Crippen LogP contribution in [0.2, 0.25) is 0 Å². The number of aromatic carboxylic acids is 1. The molecule has 1 aromatic carbocycles. The Morgan fingerprint density at radius 1 is 1.30 bits per heavy atom. The summed E-state index contributed by atoms with van der Waals surface area (Å²) in [5, 5.41) is 9.10. The van der Waals surface area contributed by atoms with E-state index in [0.717, 1.165) is 23.3 Å². The Hall–Kier alpha value is -1.70. The summed E-state index contributed by atoms with van der Waals surface area (Å²) in [6.45, 7) is 2.52. The molecule has 7 heteroatoms. The maximum absolute atomic E-state index is 12.7. The lowest BCUT2D eigenvalue weighted by Gasteiger charge is -2.15. The minimum Gasteiger partial charge on any atom is -0.477 e. The van der Waals surface area contributed by atoms with Crippen molar-refractivity contribution in [2.24, 2.45) is 0 Å². The molecule has 0 spiro atoms. The summed E-state index contributed by atoms with van der Waals surface area (Å²) < 4.78 is 27.1. The maximum Gasteiger partial charge on any atom is 0.346 e. The van der Waals surface area contributed by atoms with Crippen LogP contribution in [0.15, 0.2) is 40.6 Å². The molecule has 1 N–H and O–H groups in total. The van der Waals surface area contributed by atoms with Crippen LogP contribution in [0, 0.1) is 6.92 Å². The minimum atomic E-state index is -3.63. The maximum atomic E-state index is 12.7. The molecule has 0 amide bonds. The molecule has 0 saturated carbocycles. The van der Waals surface area contributed by atoms with E-state index in [2.05, 4.69) is 0 Å². The average molecular weight is 351 g/mol. The molecule has 23 heavy (non-hydrogen) atoms. The molecular weight excluding hydrogens is 334 g/mol. The van der Waals surface area contributed by atoms with Crippen LogP contribution in [0.25, 0.3) is 0 Å². The van der Waals surface area contributed by atoms with Gasteiger partial charge in [-0.25, -0.2) is 13.2 Å². The lowest BCUT2D eigenvalue weighted by atomic mass is 9.99. The fourth-order valence-corrected chi connectivity index (χ4v) is 5.90. The zero-order valence-electron chi connectivity index (χ0n) is 12.6. The highest BCUT2D eigenvalue weighted by atomic mass is 32.2. The summed E-state index contributed by atoms with van der Waals surface area (Å²) in [5.41, 5.74) is 1.62. The highest BCUT2D eigenvalue weighted by Gasteiger charge is 2.34. The van der Waals surface area contributed by atoms with Crippen LogP contribution in [-0.4, -0.2) is 36.9 Å². The molecule has 1 aliphatic rings. The van der Waals surface area contributed by atoms with Crippen LogP contribution in [0.1, 0.15) is 33.1 Å². The molecular formula is C16H17NO4S2. The Morgan fingerprint density at radius 3 is 2.61 bits per heavy atom. The fraction of sp³-hybridized carbons (Fsp3) is 0.312. The van der Waals surface area contributed by atoms with Crippen LogP contribution in [-0.2, 0) is 10.0 Å². The summed E-state index contributed by atoms with van der Waals surface area (Å²) in [6.07, 6.45) is 0.777. The molecule has 1 aliphatic heterocycles. The van der Waals surface area contributed by atoms with Crippen molar-refractivity contribution >= 4 is 27.3 Å². The van der Waals surface area contributed by atoms with Gasteiger partial charge >= 0.3 is 5.97 Å². The third-order valence-corrected chi connectivity index (χ3v) is 7.64. The van der Waals surface area contributed by atoms with Crippen LogP contribution in [0.5, 0.6) is 0 Å². The normalized spacial score (nSPS) is 19.1. The van der Waals surface area contributed by atoms with E-state index in [1.54, 1.807) is 6.92 Å². The topological polar surface area (TPSA) is 74.7 Å². The fourth-order valence-electron chi connectivity index (χ4n) is 2.86. The van der Waals surface area contributed by atoms with Crippen molar-refractivity contribution in [2.75, 3.05) is 13.1 Å². The van der Waals surface area contributed by atoms with Gasteiger partial charge in [0.1, 0.15) is 9.09 Å². The van der Waals surface area contributed by atoms with Gasteiger partial charge in [0.25, 0.3) is 10.0 Å². The molecule has 2 heterocycles. The van der Waals surface area contributed by atoms with Crippen LogP contribution < -0.4 is 0 Å². The summed E-state index contributed by atoms with van der Waals surface area (Å²) in [4.78, 5) is 11.2. The van der Waals surface area contributed by atoms with Crippen molar-refractivity contribution in [3.8, 4) is 0 Å². The number of benzene rings is 1. The van der Waals surface area contributed by atoms with Crippen molar-refractivity contribution in [2.45, 2.75) is 23.5 Å². The Balaban J connectivity index is 1.84. The van der Waals surface area contributed by atoms with Gasteiger partial charge in [-0.05, 0) is 36.5 Å². The van der Waals surface area contributed by atoms with E-state index >= 15 is 0 Å². The Labute approximate surface area is 139 Å². The summed E-state index contributed by atoms with van der Waals surface area (Å²) in [5.74, 6) is -0.900. The van der Waals surface area contributed by atoms with E-state index in [-0.39, 0.29) is 15.0 Å². The standard InChI is InChI=1S/C16H17NO4S2/c1-11-9-14(22-15(11)16(18)19)23(20,21)17-8-7-13(10-17)12-5-3-2-4-6-12/h2-6,9,13H,7-8,10H2,1H3,(H,18,19). The number of sulfonamides is 1. The van der Waals surface area contributed by atoms with Gasteiger partial charge in [0, 0.05) is 13.1 Å². The summed E-state index contributed by atoms with van der Waals surface area (Å²) >= 11 is 0.829. The zero-order valence-corrected chi connectivity index (χ0v) is 14.2. The Bertz CT molecular complexity index is 827. The quantitative estimate of drug-likeness (QED) is 0.919. The van der Waals surface area contributed by atoms with Gasteiger partial charge in [0.05, 0.1) is 0 Å². The molecule has 1 fully saturated rings. The number of carbonyl (C=O) groups is 1. The third-order valence-electron chi connectivity index (χ3n) is 4.11. The van der Waals surface area contributed by atoms with Gasteiger partial charge in [0.15, 0.2) is 0 Å². The lowest BCUT2D eigenvalue weighted by molar-refractivity contribution is 0.0701. The molecule has 1 atom stereocenters. The smallest absolute Gasteiger partial charge is 0.346 e. The lowest BCUT2D eigenvalue weighted by Crippen LogP contribution is -2.28. The first-order valence-corrected chi connectivity index (χ1v) is 9.54. The molecule has 5 nitrogen and oxygen atoms in total. The molecule has 0 bridgehead atoms. The zero-order chi connectivity index (χ0) is 16.6.